The number of carbonyl (C=O) groups excluding carboxylic acids is 2. The Morgan fingerprint density at radius 2 is 1.57 bits per heavy atom. The molecule has 1 amide bonds. The van der Waals surface area contributed by atoms with E-state index in [1.54, 1.807) is 17.0 Å². The molecule has 1 heterocycles. The average Bonchev–Trinajstić information content (AvgIpc) is 2.77. The zero-order valence-electron chi connectivity index (χ0n) is 15.5. The number of hydrogen-bond acceptors (Lipinski definition) is 3. The fourth-order valence-electron chi connectivity index (χ4n) is 3.61. The van der Waals surface area contributed by atoms with Crippen LogP contribution in [0.1, 0.15) is 22.3 Å². The molecule has 0 radical (unpaired) electrons. The van der Waals surface area contributed by atoms with E-state index in [-0.39, 0.29) is 12.5 Å². The molecule has 0 saturated carbocycles. The van der Waals surface area contributed by atoms with Gasteiger partial charge in [-0.3, -0.25) is 4.79 Å². The molecular formula is C24H21NO3. The molecule has 0 aromatic heterocycles. The van der Waals surface area contributed by atoms with Crippen LogP contribution in [0.4, 0.5) is 5.69 Å². The number of amides is 1. The third kappa shape index (κ3) is 3.67. The number of aryl methyl sites for hydroxylation is 1. The van der Waals surface area contributed by atoms with Gasteiger partial charge in [-0.1, -0.05) is 66.7 Å². The van der Waals surface area contributed by atoms with Crippen molar-refractivity contribution in [1.29, 1.82) is 0 Å². The smallest absolute Gasteiger partial charge is 0.339 e. The second-order valence-corrected chi connectivity index (χ2v) is 6.77. The Kier molecular flexibility index (Phi) is 5.20. The Morgan fingerprint density at radius 3 is 2.43 bits per heavy atom. The van der Waals surface area contributed by atoms with Gasteiger partial charge in [-0.25, -0.2) is 4.79 Å². The van der Waals surface area contributed by atoms with Gasteiger partial charge in [0, 0.05) is 12.2 Å². The van der Waals surface area contributed by atoms with Crippen molar-refractivity contribution in [1.82, 2.24) is 0 Å². The molecule has 1 aliphatic heterocycles. The summed E-state index contributed by atoms with van der Waals surface area (Å²) in [5.74, 6) is -0.684. The third-order valence-electron chi connectivity index (χ3n) is 4.97. The van der Waals surface area contributed by atoms with Crippen LogP contribution in [0.25, 0.3) is 11.1 Å². The largest absolute Gasteiger partial charge is 0.452 e. The van der Waals surface area contributed by atoms with Gasteiger partial charge in [0.2, 0.25) is 0 Å². The van der Waals surface area contributed by atoms with Crippen LogP contribution in [0.3, 0.4) is 0 Å². The quantitative estimate of drug-likeness (QED) is 0.635. The first-order valence-electron chi connectivity index (χ1n) is 9.44. The van der Waals surface area contributed by atoms with Crippen LogP contribution in [0.5, 0.6) is 0 Å². The number of fused-ring (bicyclic) bond motifs is 1. The van der Waals surface area contributed by atoms with Gasteiger partial charge in [0.15, 0.2) is 6.61 Å². The summed E-state index contributed by atoms with van der Waals surface area (Å²) in [5.41, 5.74) is 4.26. The zero-order chi connectivity index (χ0) is 19.3. The Balaban J connectivity index is 1.48. The Hall–Kier alpha value is -3.40. The van der Waals surface area contributed by atoms with Crippen molar-refractivity contribution in [3.05, 3.63) is 90.0 Å². The fourth-order valence-corrected chi connectivity index (χ4v) is 3.61. The van der Waals surface area contributed by atoms with Gasteiger partial charge in [-0.15, -0.1) is 0 Å². The summed E-state index contributed by atoms with van der Waals surface area (Å²) in [7, 11) is 0. The lowest BCUT2D eigenvalue weighted by Gasteiger charge is -2.29. The summed E-state index contributed by atoms with van der Waals surface area (Å²) >= 11 is 0. The van der Waals surface area contributed by atoms with Crippen LogP contribution >= 0.6 is 0 Å². The molecule has 0 bridgehead atoms. The van der Waals surface area contributed by atoms with Crippen molar-refractivity contribution in [3.8, 4) is 11.1 Å². The molecule has 0 fully saturated rings. The number of para-hydroxylation sites is 1. The first-order chi connectivity index (χ1) is 13.7. The molecule has 0 spiro atoms. The maximum absolute atomic E-state index is 12.7. The second-order valence-electron chi connectivity index (χ2n) is 6.77. The van der Waals surface area contributed by atoms with Crippen molar-refractivity contribution in [3.63, 3.8) is 0 Å². The van der Waals surface area contributed by atoms with Crippen molar-refractivity contribution >= 4 is 17.6 Å². The molecule has 140 valence electrons. The minimum absolute atomic E-state index is 0.197. The van der Waals surface area contributed by atoms with Crippen LogP contribution in [0.2, 0.25) is 0 Å². The molecule has 3 aromatic rings. The highest BCUT2D eigenvalue weighted by molar-refractivity contribution is 6.00. The van der Waals surface area contributed by atoms with Gasteiger partial charge in [0.05, 0.1) is 5.56 Å². The standard InChI is InChI=1S/C24H21NO3/c26-23(25-16-8-12-19-11-4-7-15-22(19)25)17-28-24(27)21-14-6-5-13-20(21)18-9-2-1-3-10-18/h1-7,9-11,13-15H,8,12,16-17H2. The minimum atomic E-state index is -0.488. The van der Waals surface area contributed by atoms with Crippen LogP contribution in [-0.2, 0) is 16.0 Å². The van der Waals surface area contributed by atoms with Gasteiger partial charge in [-0.2, -0.15) is 0 Å². The van der Waals surface area contributed by atoms with Crippen LogP contribution in [0.15, 0.2) is 78.9 Å². The normalized spacial score (nSPS) is 12.9. The van der Waals surface area contributed by atoms with E-state index in [2.05, 4.69) is 0 Å². The summed E-state index contributed by atoms with van der Waals surface area (Å²) in [6, 6.07) is 24.9. The van der Waals surface area contributed by atoms with Gasteiger partial charge < -0.3 is 9.64 Å². The fraction of sp³-hybridized carbons (Fsp3) is 0.167. The molecule has 3 aromatic carbocycles. The summed E-state index contributed by atoms with van der Waals surface area (Å²) in [6.07, 6.45) is 1.87. The Morgan fingerprint density at radius 1 is 0.857 bits per heavy atom. The molecular weight excluding hydrogens is 350 g/mol. The van der Waals surface area contributed by atoms with Gasteiger partial charge in [0.1, 0.15) is 0 Å². The van der Waals surface area contributed by atoms with E-state index in [4.69, 9.17) is 4.74 Å². The summed E-state index contributed by atoms with van der Waals surface area (Å²) in [4.78, 5) is 27.1. The van der Waals surface area contributed by atoms with Gasteiger partial charge >= 0.3 is 5.97 Å². The van der Waals surface area contributed by atoms with Gasteiger partial charge in [-0.05, 0) is 41.7 Å². The molecule has 0 aliphatic carbocycles. The summed E-state index contributed by atoms with van der Waals surface area (Å²) in [5, 5.41) is 0. The molecule has 1 aliphatic rings. The van der Waals surface area contributed by atoms with Crippen LogP contribution in [-0.4, -0.2) is 25.0 Å². The second kappa shape index (κ2) is 8.09. The van der Waals surface area contributed by atoms with E-state index in [0.29, 0.717) is 12.1 Å². The lowest BCUT2D eigenvalue weighted by Crippen LogP contribution is -2.38. The number of rotatable bonds is 4. The third-order valence-corrected chi connectivity index (χ3v) is 4.97. The number of anilines is 1. The van der Waals surface area contributed by atoms with E-state index in [9.17, 15) is 9.59 Å². The molecule has 4 nitrogen and oxygen atoms in total. The maximum atomic E-state index is 12.7. The predicted molar refractivity (Wildman–Crippen MR) is 109 cm³/mol. The topological polar surface area (TPSA) is 46.6 Å². The first kappa shape index (κ1) is 18.0. The average molecular weight is 371 g/mol. The number of benzene rings is 3. The van der Waals surface area contributed by atoms with E-state index in [1.165, 1.54) is 0 Å². The summed E-state index contributed by atoms with van der Waals surface area (Å²) < 4.78 is 5.39. The number of nitrogens with zero attached hydrogens (tertiary/aromatic N) is 1. The van der Waals surface area contributed by atoms with Crippen LogP contribution < -0.4 is 4.90 Å². The van der Waals surface area contributed by atoms with E-state index < -0.39 is 5.97 Å². The van der Waals surface area contributed by atoms with E-state index in [1.807, 2.05) is 66.7 Å². The molecule has 0 saturated heterocycles. The summed E-state index contributed by atoms with van der Waals surface area (Å²) in [6.45, 7) is 0.379. The van der Waals surface area contributed by atoms with Crippen molar-refractivity contribution in [2.24, 2.45) is 0 Å². The molecule has 0 N–H and O–H groups in total. The highest BCUT2D eigenvalue weighted by atomic mass is 16.5. The van der Waals surface area contributed by atoms with Crippen LogP contribution in [0, 0.1) is 0 Å². The number of ether oxygens (including phenoxy) is 1. The van der Waals surface area contributed by atoms with Crippen molar-refractivity contribution in [2.75, 3.05) is 18.1 Å². The van der Waals surface area contributed by atoms with E-state index in [0.717, 1.165) is 35.2 Å². The minimum Gasteiger partial charge on any atom is -0.452 e. The molecule has 0 atom stereocenters. The molecule has 0 unspecified atom stereocenters. The maximum Gasteiger partial charge on any atom is 0.339 e. The Labute approximate surface area is 164 Å². The highest BCUT2D eigenvalue weighted by Crippen LogP contribution is 2.27. The lowest BCUT2D eigenvalue weighted by atomic mass is 10.00. The molecule has 4 heteroatoms. The zero-order valence-corrected chi connectivity index (χ0v) is 15.5. The number of esters is 1. The number of carbonyl (C=O) groups is 2. The number of hydrogen-bond donors (Lipinski definition) is 0. The van der Waals surface area contributed by atoms with Gasteiger partial charge in [0.25, 0.3) is 5.91 Å². The molecule has 4 rings (SSSR count). The molecule has 28 heavy (non-hydrogen) atoms. The predicted octanol–water partition coefficient (Wildman–Crippen LogP) is 4.49. The highest BCUT2D eigenvalue weighted by Gasteiger charge is 2.23. The lowest BCUT2D eigenvalue weighted by molar-refractivity contribution is -0.121. The SMILES string of the molecule is O=C(OCC(=O)N1CCCc2ccccc21)c1ccccc1-c1ccccc1. The van der Waals surface area contributed by atoms with E-state index >= 15 is 0 Å². The first-order valence-corrected chi connectivity index (χ1v) is 9.44. The Bertz CT molecular complexity index is 997. The van der Waals surface area contributed by atoms with Crippen molar-refractivity contribution < 1.29 is 14.3 Å². The monoisotopic (exact) mass is 371 g/mol. The van der Waals surface area contributed by atoms with Crippen molar-refractivity contribution in [2.45, 2.75) is 12.8 Å².